The van der Waals surface area contributed by atoms with Crippen molar-refractivity contribution in [2.75, 3.05) is 34.4 Å². The maximum absolute atomic E-state index is 10.4. The van der Waals surface area contributed by atoms with Crippen molar-refractivity contribution in [3.05, 3.63) is 108 Å². The average Bonchev–Trinajstić information content (AvgIpc) is 2.84. The molecule has 204 valence electrons. The first kappa shape index (κ1) is 31.1. The molecule has 0 saturated heterocycles. The topological polar surface area (TPSA) is 268 Å². The highest BCUT2D eigenvalue weighted by Crippen LogP contribution is 2.13. The number of benzene rings is 4. The van der Waals surface area contributed by atoms with E-state index in [1.807, 2.05) is 6.07 Å². The van der Waals surface area contributed by atoms with Gasteiger partial charge in [-0.15, -0.1) is 0 Å². The minimum absolute atomic E-state index is 0.113. The molecule has 0 aromatic heterocycles. The van der Waals surface area contributed by atoms with Gasteiger partial charge in [0.15, 0.2) is 0 Å². The largest absolute Gasteiger partial charge is 0.478 e. The van der Waals surface area contributed by atoms with E-state index >= 15 is 0 Å². The molecule has 39 heavy (non-hydrogen) atoms. The summed E-state index contributed by atoms with van der Waals surface area (Å²) in [5, 5.41) is 25.5. The highest BCUT2D eigenvalue weighted by molar-refractivity contribution is 5.93. The summed E-state index contributed by atoms with van der Waals surface area (Å²) in [4.78, 5) is 31.0. The molecule has 4 aromatic carbocycles. The van der Waals surface area contributed by atoms with E-state index in [1.54, 1.807) is 48.5 Å². The zero-order chi connectivity index (χ0) is 29.5. The number of carboxylic acids is 3. The molecule has 0 unspecified atom stereocenters. The van der Waals surface area contributed by atoms with Crippen LogP contribution in [0, 0.1) is 0 Å². The zero-order valence-corrected chi connectivity index (χ0v) is 20.7. The predicted octanol–water partition coefficient (Wildman–Crippen LogP) is 3.33. The summed E-state index contributed by atoms with van der Waals surface area (Å²) in [5.41, 5.74) is 35.6. The molecular weight excluding hydrogens is 504 g/mol. The van der Waals surface area contributed by atoms with E-state index in [0.717, 1.165) is 0 Å². The highest BCUT2D eigenvalue weighted by atomic mass is 16.4. The van der Waals surface area contributed by atoms with Gasteiger partial charge >= 0.3 is 17.9 Å². The Bertz CT molecular complexity index is 1390. The number of rotatable bonds is 3. The maximum atomic E-state index is 10.4. The molecule has 0 spiro atoms. The fourth-order valence-corrected chi connectivity index (χ4v) is 2.72. The van der Waals surface area contributed by atoms with Crippen LogP contribution in [0.15, 0.2) is 91.0 Å². The fraction of sp³-hybridized carbons (Fsp3) is 0. The van der Waals surface area contributed by atoms with Crippen molar-refractivity contribution in [1.82, 2.24) is 0 Å². The summed E-state index contributed by atoms with van der Waals surface area (Å²) < 4.78 is 0. The number of nitrogen functional groups attached to an aromatic ring is 6. The van der Waals surface area contributed by atoms with Gasteiger partial charge in [-0.1, -0.05) is 24.3 Å². The molecule has 0 saturated carbocycles. The molecule has 15 N–H and O–H groups in total. The minimum atomic E-state index is -1.02. The lowest BCUT2D eigenvalue weighted by atomic mass is 10.2. The predicted molar refractivity (Wildman–Crippen MR) is 153 cm³/mol. The normalized spacial score (nSPS) is 9.23. The molecule has 0 aliphatic carbocycles. The van der Waals surface area contributed by atoms with Crippen LogP contribution < -0.4 is 34.4 Å². The van der Waals surface area contributed by atoms with Gasteiger partial charge in [0, 0.05) is 34.1 Å². The van der Waals surface area contributed by atoms with Gasteiger partial charge in [0.25, 0.3) is 0 Å². The zero-order valence-electron chi connectivity index (χ0n) is 20.7. The molecular formula is C27H30N6O6. The van der Waals surface area contributed by atoms with E-state index in [1.165, 1.54) is 36.4 Å². The number of anilines is 6. The second-order valence-corrected chi connectivity index (χ2v) is 7.69. The van der Waals surface area contributed by atoms with Gasteiger partial charge < -0.3 is 49.7 Å². The van der Waals surface area contributed by atoms with Crippen LogP contribution in [-0.4, -0.2) is 33.2 Å². The lowest BCUT2D eigenvalue weighted by Gasteiger charge is -1.98. The van der Waals surface area contributed by atoms with Crippen LogP contribution in [-0.2, 0) is 0 Å². The Labute approximate surface area is 224 Å². The highest BCUT2D eigenvalue weighted by Gasteiger charge is 2.04. The molecule has 12 heteroatoms. The number of carbonyl (C=O) groups is 3. The molecule has 12 nitrogen and oxygen atoms in total. The molecule has 0 aliphatic heterocycles. The van der Waals surface area contributed by atoms with Crippen LogP contribution >= 0.6 is 0 Å². The number of aromatic carboxylic acids is 3. The van der Waals surface area contributed by atoms with E-state index in [9.17, 15) is 14.4 Å². The van der Waals surface area contributed by atoms with Crippen LogP contribution in [0.4, 0.5) is 34.1 Å². The Morgan fingerprint density at radius 3 is 1.18 bits per heavy atom. The van der Waals surface area contributed by atoms with E-state index in [4.69, 9.17) is 49.7 Å². The fourth-order valence-electron chi connectivity index (χ4n) is 2.72. The van der Waals surface area contributed by atoms with Crippen molar-refractivity contribution in [2.24, 2.45) is 0 Å². The molecule has 0 bridgehead atoms. The summed E-state index contributed by atoms with van der Waals surface area (Å²) in [6.07, 6.45) is 0. The Balaban J connectivity index is 0.000000261. The van der Waals surface area contributed by atoms with Crippen molar-refractivity contribution in [2.45, 2.75) is 0 Å². The van der Waals surface area contributed by atoms with Crippen molar-refractivity contribution in [1.29, 1.82) is 0 Å². The number of para-hydroxylation sites is 1. The molecule has 0 radical (unpaired) electrons. The summed E-state index contributed by atoms with van der Waals surface area (Å²) in [6.45, 7) is 0. The van der Waals surface area contributed by atoms with Gasteiger partial charge in [0.05, 0.1) is 16.7 Å². The van der Waals surface area contributed by atoms with Crippen LogP contribution in [0.3, 0.4) is 0 Å². The molecule has 0 aliphatic rings. The lowest BCUT2D eigenvalue weighted by molar-refractivity contribution is 0.0686. The van der Waals surface area contributed by atoms with E-state index in [2.05, 4.69) is 0 Å². The summed E-state index contributed by atoms with van der Waals surface area (Å²) in [5.74, 6) is -2.96. The van der Waals surface area contributed by atoms with E-state index in [-0.39, 0.29) is 16.7 Å². The summed E-state index contributed by atoms with van der Waals surface area (Å²) >= 11 is 0. The van der Waals surface area contributed by atoms with Gasteiger partial charge in [-0.05, 0) is 66.7 Å². The summed E-state index contributed by atoms with van der Waals surface area (Å²) in [7, 11) is 0. The molecule has 0 amide bonds. The minimum Gasteiger partial charge on any atom is -0.478 e. The van der Waals surface area contributed by atoms with Crippen molar-refractivity contribution in [3.8, 4) is 0 Å². The van der Waals surface area contributed by atoms with Crippen LogP contribution in [0.2, 0.25) is 0 Å². The molecule has 0 atom stereocenters. The van der Waals surface area contributed by atoms with Crippen molar-refractivity contribution < 1.29 is 29.7 Å². The van der Waals surface area contributed by atoms with E-state index < -0.39 is 17.9 Å². The van der Waals surface area contributed by atoms with Crippen molar-refractivity contribution in [3.63, 3.8) is 0 Å². The molecule has 4 aromatic rings. The molecule has 4 rings (SSSR count). The third-order valence-electron chi connectivity index (χ3n) is 4.46. The second-order valence-electron chi connectivity index (χ2n) is 7.69. The first-order chi connectivity index (χ1) is 18.3. The Hall–Kier alpha value is -5.91. The Kier molecular flexibility index (Phi) is 12.2. The van der Waals surface area contributed by atoms with Gasteiger partial charge in [-0.3, -0.25) is 0 Å². The monoisotopic (exact) mass is 534 g/mol. The molecule has 0 heterocycles. The third kappa shape index (κ3) is 12.1. The second kappa shape index (κ2) is 15.3. The number of carboxylic acid groups (broad SMARTS) is 3. The lowest BCUT2D eigenvalue weighted by Crippen LogP contribution is -2.00. The van der Waals surface area contributed by atoms with Gasteiger partial charge in [-0.2, -0.15) is 0 Å². The first-order valence-electron chi connectivity index (χ1n) is 11.0. The Morgan fingerprint density at radius 1 is 0.436 bits per heavy atom. The average molecular weight is 535 g/mol. The van der Waals surface area contributed by atoms with Crippen LogP contribution in [0.25, 0.3) is 0 Å². The van der Waals surface area contributed by atoms with Gasteiger partial charge in [0.2, 0.25) is 0 Å². The first-order valence-corrected chi connectivity index (χ1v) is 11.0. The van der Waals surface area contributed by atoms with Crippen LogP contribution in [0.5, 0.6) is 0 Å². The number of hydrogen-bond acceptors (Lipinski definition) is 9. The smallest absolute Gasteiger partial charge is 0.337 e. The number of hydrogen-bond donors (Lipinski definition) is 9. The van der Waals surface area contributed by atoms with Crippen LogP contribution in [0.1, 0.15) is 31.1 Å². The SMILES string of the molecule is Nc1cc(N)cc(C(=O)O)c1.Nc1cccc(C(=O)O)c1.Nc1cccc(N)c1.Nc1ccccc1C(=O)O. The van der Waals surface area contributed by atoms with Gasteiger partial charge in [0.1, 0.15) is 0 Å². The number of nitrogens with two attached hydrogens (primary N) is 6. The third-order valence-corrected chi connectivity index (χ3v) is 4.46. The van der Waals surface area contributed by atoms with Gasteiger partial charge in [-0.25, -0.2) is 14.4 Å². The quantitative estimate of drug-likeness (QED) is 0.171. The van der Waals surface area contributed by atoms with Crippen molar-refractivity contribution >= 4 is 52.0 Å². The maximum Gasteiger partial charge on any atom is 0.337 e. The Morgan fingerprint density at radius 2 is 0.846 bits per heavy atom. The molecule has 0 fully saturated rings. The van der Waals surface area contributed by atoms with E-state index in [0.29, 0.717) is 34.1 Å². The standard InChI is InChI=1S/C7H8N2O2.2C7H7NO2.C6H8N2/c8-5-1-4(7(10)11)2-6(9)3-5;8-6-3-1-2-5(4-6)7(9)10;8-6-4-2-1-3-5(6)7(9)10;7-5-2-1-3-6(8)4-5/h1-3H,8-9H2,(H,10,11);2*1-4H,8H2,(H,9,10);1-4H,7-8H2. The summed E-state index contributed by atoms with van der Waals surface area (Å²) in [6, 6.07) is 23.9.